The Hall–Kier alpha value is -3.62. The van der Waals surface area contributed by atoms with Crippen LogP contribution in [-0.4, -0.2) is 83.4 Å². The topological polar surface area (TPSA) is 169 Å². The lowest BCUT2D eigenvalue weighted by Crippen LogP contribution is -2.57. The molecule has 0 radical (unpaired) electrons. The molecule has 238 valence electrons. The van der Waals surface area contributed by atoms with Crippen LogP contribution in [0.15, 0.2) is 64.5 Å². The number of thioether (sulfide) groups is 1. The minimum atomic E-state index is -4.04. The van der Waals surface area contributed by atoms with Crippen LogP contribution in [0.3, 0.4) is 0 Å². The minimum Gasteiger partial charge on any atom is -0.480 e. The molecule has 44 heavy (non-hydrogen) atoms. The SMILES string of the molecule is CC1SC(C)(C)[C@@H](C(=O)N[C@@H](Cc2ccc(NC(=O)CCCCNC3=NCCN3)cc2)C(=O)O)N1S(=O)(=O)c1ccccc1. The van der Waals surface area contributed by atoms with Crippen LogP contribution in [0.2, 0.25) is 0 Å². The Morgan fingerprint density at radius 2 is 1.82 bits per heavy atom. The molecule has 12 nitrogen and oxygen atoms in total. The van der Waals surface area contributed by atoms with Gasteiger partial charge in [-0.3, -0.25) is 14.6 Å². The van der Waals surface area contributed by atoms with Gasteiger partial charge in [-0.05, 0) is 63.4 Å². The number of unbranched alkanes of at least 4 members (excludes halogenated alkanes) is 1. The number of aliphatic carboxylic acids is 1. The van der Waals surface area contributed by atoms with Gasteiger partial charge in [-0.15, -0.1) is 11.8 Å². The number of hydrogen-bond donors (Lipinski definition) is 5. The Morgan fingerprint density at radius 3 is 2.45 bits per heavy atom. The molecular weight excluding hydrogens is 605 g/mol. The predicted molar refractivity (Wildman–Crippen MR) is 171 cm³/mol. The van der Waals surface area contributed by atoms with Crippen LogP contribution in [0, 0.1) is 0 Å². The zero-order chi connectivity index (χ0) is 31.9. The molecule has 2 aliphatic heterocycles. The van der Waals surface area contributed by atoms with Gasteiger partial charge in [0.25, 0.3) is 0 Å². The summed E-state index contributed by atoms with van der Waals surface area (Å²) in [6.07, 6.45) is 1.87. The van der Waals surface area contributed by atoms with Crippen LogP contribution in [0.25, 0.3) is 0 Å². The van der Waals surface area contributed by atoms with E-state index in [0.29, 0.717) is 24.1 Å². The van der Waals surface area contributed by atoms with Gasteiger partial charge >= 0.3 is 5.97 Å². The first kappa shape index (κ1) is 33.3. The van der Waals surface area contributed by atoms with Crippen molar-refractivity contribution in [1.29, 1.82) is 0 Å². The van der Waals surface area contributed by atoms with Crippen LogP contribution >= 0.6 is 11.8 Å². The van der Waals surface area contributed by atoms with E-state index in [9.17, 15) is 27.9 Å². The number of anilines is 1. The zero-order valence-corrected chi connectivity index (χ0v) is 26.7. The van der Waals surface area contributed by atoms with Gasteiger partial charge in [0, 0.05) is 36.4 Å². The average Bonchev–Trinajstić information content (AvgIpc) is 3.58. The molecule has 5 N–H and O–H groups in total. The summed E-state index contributed by atoms with van der Waals surface area (Å²) in [4.78, 5) is 42.5. The highest BCUT2D eigenvalue weighted by molar-refractivity contribution is 8.02. The maximum Gasteiger partial charge on any atom is 0.326 e. The number of aliphatic imine (C=N–C) groups is 1. The molecule has 2 aromatic rings. The highest BCUT2D eigenvalue weighted by Gasteiger charge is 2.55. The summed E-state index contributed by atoms with van der Waals surface area (Å²) in [7, 11) is -4.04. The molecule has 1 unspecified atom stereocenters. The number of rotatable bonds is 13. The van der Waals surface area contributed by atoms with Crippen molar-refractivity contribution in [2.45, 2.75) is 73.6 Å². The average molecular weight is 645 g/mol. The van der Waals surface area contributed by atoms with E-state index in [0.717, 1.165) is 32.0 Å². The first-order valence-corrected chi connectivity index (χ1v) is 16.9. The van der Waals surface area contributed by atoms with Crippen LogP contribution in [-0.2, 0) is 30.8 Å². The van der Waals surface area contributed by atoms with Gasteiger partial charge in [0.2, 0.25) is 21.8 Å². The third kappa shape index (κ3) is 8.30. The smallest absolute Gasteiger partial charge is 0.326 e. The summed E-state index contributed by atoms with van der Waals surface area (Å²) in [6.45, 7) is 7.62. The second-order valence-corrected chi connectivity index (χ2v) is 15.1. The van der Waals surface area contributed by atoms with Gasteiger partial charge in [0.05, 0.1) is 16.8 Å². The summed E-state index contributed by atoms with van der Waals surface area (Å²) in [5.41, 5.74) is 1.21. The summed E-state index contributed by atoms with van der Waals surface area (Å²) < 4.78 is 27.5. The number of guanidine groups is 1. The lowest BCUT2D eigenvalue weighted by molar-refractivity contribution is -0.142. The molecule has 1 saturated heterocycles. The van der Waals surface area contributed by atoms with Crippen molar-refractivity contribution in [2.75, 3.05) is 25.0 Å². The van der Waals surface area contributed by atoms with Crippen molar-refractivity contribution in [2.24, 2.45) is 4.99 Å². The molecule has 2 aliphatic rings. The van der Waals surface area contributed by atoms with E-state index in [1.807, 2.05) is 0 Å². The van der Waals surface area contributed by atoms with Crippen LogP contribution < -0.4 is 21.3 Å². The quantitative estimate of drug-likeness (QED) is 0.206. The fourth-order valence-electron chi connectivity index (χ4n) is 5.32. The van der Waals surface area contributed by atoms with Crippen molar-refractivity contribution in [1.82, 2.24) is 20.3 Å². The van der Waals surface area contributed by atoms with Gasteiger partial charge < -0.3 is 26.4 Å². The molecule has 0 bridgehead atoms. The molecule has 0 spiro atoms. The van der Waals surface area contributed by atoms with E-state index in [-0.39, 0.29) is 17.2 Å². The predicted octanol–water partition coefficient (Wildman–Crippen LogP) is 2.39. The molecule has 4 rings (SSSR count). The van der Waals surface area contributed by atoms with Crippen molar-refractivity contribution < 1.29 is 27.9 Å². The zero-order valence-electron chi connectivity index (χ0n) is 25.1. The molecule has 3 atom stereocenters. The molecule has 0 aliphatic carbocycles. The van der Waals surface area contributed by atoms with E-state index in [2.05, 4.69) is 26.3 Å². The number of sulfonamides is 1. The molecule has 0 aromatic heterocycles. The second-order valence-electron chi connectivity index (χ2n) is 11.3. The van der Waals surface area contributed by atoms with Crippen LogP contribution in [0.4, 0.5) is 5.69 Å². The van der Waals surface area contributed by atoms with Crippen LogP contribution in [0.1, 0.15) is 45.6 Å². The van der Waals surface area contributed by atoms with E-state index in [1.165, 1.54) is 28.2 Å². The number of nitrogens with zero attached hydrogens (tertiary/aromatic N) is 2. The Balaban J connectivity index is 1.34. The molecule has 0 saturated carbocycles. The normalized spacial score (nSPS) is 20.3. The number of carbonyl (C=O) groups is 3. The lowest BCUT2D eigenvalue weighted by atomic mass is 10.0. The van der Waals surface area contributed by atoms with Gasteiger partial charge in [-0.2, -0.15) is 4.31 Å². The Morgan fingerprint density at radius 1 is 1.11 bits per heavy atom. The van der Waals surface area contributed by atoms with Crippen molar-refractivity contribution in [3.05, 3.63) is 60.2 Å². The number of nitrogens with one attached hydrogen (secondary N) is 4. The van der Waals surface area contributed by atoms with E-state index >= 15 is 0 Å². The number of carboxylic acid groups (broad SMARTS) is 1. The number of hydrogen-bond acceptors (Lipinski definition) is 9. The number of carboxylic acids is 1. The third-order valence-electron chi connectivity index (χ3n) is 7.40. The van der Waals surface area contributed by atoms with E-state index < -0.39 is 44.1 Å². The monoisotopic (exact) mass is 644 g/mol. The van der Waals surface area contributed by atoms with Gasteiger partial charge in [0.15, 0.2) is 5.96 Å². The lowest BCUT2D eigenvalue weighted by Gasteiger charge is -2.31. The maximum absolute atomic E-state index is 13.6. The van der Waals surface area contributed by atoms with Crippen molar-refractivity contribution >= 4 is 51.2 Å². The van der Waals surface area contributed by atoms with Gasteiger partial charge in [-0.1, -0.05) is 30.3 Å². The second kappa shape index (κ2) is 14.4. The van der Waals surface area contributed by atoms with Gasteiger partial charge in [-0.25, -0.2) is 13.2 Å². The Kier molecular flexibility index (Phi) is 10.9. The van der Waals surface area contributed by atoms with E-state index in [4.69, 9.17) is 0 Å². The molecule has 14 heteroatoms. The minimum absolute atomic E-state index is 0.0241. The standard InChI is InChI=1S/C30H40N6O6S2/c1-20-36(44(41,42)23-9-5-4-6-10-23)26(30(2,3)43-20)27(38)35-24(28(39)40)19-21-12-14-22(15-13-21)34-25(37)11-7-8-16-31-29-32-17-18-33-29/h4-6,9-10,12-15,20,24,26H,7-8,11,16-19H2,1-3H3,(H,34,37)(H,35,38)(H,39,40)(H2,31,32,33)/t20?,24-,26+/m0/s1. The van der Waals surface area contributed by atoms with E-state index in [1.54, 1.807) is 63.2 Å². The molecular formula is C30H40N6O6S2. The number of benzene rings is 2. The number of carbonyl (C=O) groups excluding carboxylic acids is 2. The summed E-state index contributed by atoms with van der Waals surface area (Å²) in [5, 5.41) is 21.2. The molecule has 2 aromatic carbocycles. The first-order chi connectivity index (χ1) is 20.9. The Labute approximate surface area is 262 Å². The fourth-order valence-corrected chi connectivity index (χ4v) is 9.08. The number of amides is 2. The van der Waals surface area contributed by atoms with Crippen molar-refractivity contribution in [3.8, 4) is 0 Å². The molecule has 1 fully saturated rings. The molecule has 2 heterocycles. The maximum atomic E-state index is 13.6. The first-order valence-electron chi connectivity index (χ1n) is 14.6. The third-order valence-corrected chi connectivity index (χ3v) is 10.9. The largest absolute Gasteiger partial charge is 0.480 e. The fraction of sp³-hybridized carbons (Fsp3) is 0.467. The van der Waals surface area contributed by atoms with Gasteiger partial charge in [0.1, 0.15) is 12.1 Å². The summed E-state index contributed by atoms with van der Waals surface area (Å²) >= 11 is 1.34. The van der Waals surface area contributed by atoms with Crippen LogP contribution in [0.5, 0.6) is 0 Å². The highest BCUT2D eigenvalue weighted by atomic mass is 32.2. The Bertz CT molecular complexity index is 1470. The summed E-state index contributed by atoms with van der Waals surface area (Å²) in [6, 6.07) is 12.2. The summed E-state index contributed by atoms with van der Waals surface area (Å²) in [5.74, 6) is -1.24. The molecule has 2 amide bonds. The highest BCUT2D eigenvalue weighted by Crippen LogP contribution is 2.46. The van der Waals surface area contributed by atoms with Crippen molar-refractivity contribution in [3.63, 3.8) is 0 Å².